The monoisotopic (exact) mass is 594 g/mol. The molecular formula is C39H34N2O4. The fraction of sp³-hybridized carbons (Fsp3) is 0.154. The van der Waals surface area contributed by atoms with Gasteiger partial charge in [0.2, 0.25) is 5.91 Å². The number of fused-ring (bicyclic) bond motifs is 3. The minimum Gasteiger partial charge on any atom is -0.449 e. The molecule has 1 aliphatic rings. The molecule has 6 heteroatoms. The van der Waals surface area contributed by atoms with E-state index in [-0.39, 0.29) is 31.3 Å². The second kappa shape index (κ2) is 13.4. The SMILES string of the molecule is O=C[C@@H](CCC(=O)NC(c1ccccc1)(c1ccccc1)c1ccccc1)NC(=O)OCC1c2ccccc2-c2ccccc21. The Morgan fingerprint density at radius 2 is 1.11 bits per heavy atom. The van der Waals surface area contributed by atoms with Crippen LogP contribution in [0.3, 0.4) is 0 Å². The van der Waals surface area contributed by atoms with Gasteiger partial charge in [-0.15, -0.1) is 0 Å². The predicted octanol–water partition coefficient (Wildman–Crippen LogP) is 6.98. The van der Waals surface area contributed by atoms with Gasteiger partial charge in [-0.1, -0.05) is 140 Å². The molecule has 6 nitrogen and oxygen atoms in total. The Bertz CT molecular complexity index is 1630. The number of hydrogen-bond acceptors (Lipinski definition) is 4. The van der Waals surface area contributed by atoms with Crippen LogP contribution in [0.1, 0.15) is 46.6 Å². The van der Waals surface area contributed by atoms with Gasteiger partial charge in [-0.25, -0.2) is 4.79 Å². The normalized spacial score (nSPS) is 12.8. The van der Waals surface area contributed by atoms with Crippen molar-refractivity contribution in [2.75, 3.05) is 6.61 Å². The average molecular weight is 595 g/mol. The first-order valence-corrected chi connectivity index (χ1v) is 15.1. The number of aldehydes is 1. The van der Waals surface area contributed by atoms with Crippen LogP contribution in [0, 0.1) is 0 Å². The Kier molecular flexibility index (Phi) is 8.83. The number of nitrogens with one attached hydrogen (secondary N) is 2. The van der Waals surface area contributed by atoms with E-state index in [0.29, 0.717) is 6.29 Å². The third-order valence-electron chi connectivity index (χ3n) is 8.44. The van der Waals surface area contributed by atoms with Crippen LogP contribution >= 0.6 is 0 Å². The molecule has 0 fully saturated rings. The van der Waals surface area contributed by atoms with Crippen molar-refractivity contribution >= 4 is 18.3 Å². The minimum atomic E-state index is -0.961. The van der Waals surface area contributed by atoms with E-state index in [9.17, 15) is 14.4 Å². The Morgan fingerprint density at radius 1 is 0.667 bits per heavy atom. The highest BCUT2D eigenvalue weighted by molar-refractivity contribution is 5.81. The molecule has 1 atom stereocenters. The van der Waals surface area contributed by atoms with Crippen molar-refractivity contribution in [2.24, 2.45) is 0 Å². The van der Waals surface area contributed by atoms with Gasteiger partial charge in [-0.2, -0.15) is 0 Å². The van der Waals surface area contributed by atoms with Crippen molar-refractivity contribution in [1.82, 2.24) is 10.6 Å². The summed E-state index contributed by atoms with van der Waals surface area (Å²) in [5, 5.41) is 5.94. The highest BCUT2D eigenvalue weighted by Gasteiger charge is 2.38. The van der Waals surface area contributed by atoms with Crippen LogP contribution in [0.15, 0.2) is 140 Å². The maximum Gasteiger partial charge on any atom is 0.407 e. The van der Waals surface area contributed by atoms with E-state index in [0.717, 1.165) is 38.9 Å². The standard InChI is InChI=1S/C39H34N2O4/c42-26-31(40-38(44)45-27-36-34-22-12-10-20-32(34)33-21-11-13-23-35(33)36)24-25-37(43)41-39(28-14-4-1-5-15-28,29-16-6-2-7-17-29)30-18-8-3-9-19-30/h1-23,26,31,36H,24-25,27H2,(H,40,44)(H,41,43)/t31-/m1/s1. The Hall–Kier alpha value is -5.49. The van der Waals surface area contributed by atoms with Crippen molar-refractivity contribution in [3.8, 4) is 11.1 Å². The molecule has 0 heterocycles. The van der Waals surface area contributed by atoms with Crippen LogP contribution in [-0.2, 0) is 19.9 Å². The van der Waals surface area contributed by atoms with Gasteiger partial charge in [0.1, 0.15) is 18.4 Å². The first-order valence-electron chi connectivity index (χ1n) is 15.1. The van der Waals surface area contributed by atoms with Gasteiger partial charge in [0.15, 0.2) is 0 Å². The van der Waals surface area contributed by atoms with E-state index in [1.807, 2.05) is 115 Å². The lowest BCUT2D eigenvalue weighted by Gasteiger charge is -2.37. The molecule has 0 saturated heterocycles. The van der Waals surface area contributed by atoms with Gasteiger partial charge in [0.25, 0.3) is 0 Å². The quantitative estimate of drug-likeness (QED) is 0.128. The van der Waals surface area contributed by atoms with Crippen molar-refractivity contribution in [1.29, 1.82) is 0 Å². The summed E-state index contributed by atoms with van der Waals surface area (Å²) in [6, 6.07) is 44.8. The summed E-state index contributed by atoms with van der Waals surface area (Å²) in [6.45, 7) is 0.139. The second-order valence-corrected chi connectivity index (χ2v) is 11.1. The number of alkyl carbamates (subject to hydrolysis) is 1. The third-order valence-corrected chi connectivity index (χ3v) is 8.44. The summed E-state index contributed by atoms with van der Waals surface area (Å²) in [5.41, 5.74) is 6.23. The third kappa shape index (κ3) is 6.13. The Balaban J connectivity index is 1.13. The lowest BCUT2D eigenvalue weighted by Crippen LogP contribution is -2.48. The lowest BCUT2D eigenvalue weighted by atomic mass is 9.77. The second-order valence-electron chi connectivity index (χ2n) is 11.1. The minimum absolute atomic E-state index is 0.0152. The van der Waals surface area contributed by atoms with Gasteiger partial charge < -0.3 is 20.2 Å². The molecule has 6 rings (SSSR count). The van der Waals surface area contributed by atoms with Gasteiger partial charge in [0.05, 0.1) is 6.04 Å². The van der Waals surface area contributed by atoms with E-state index in [2.05, 4.69) is 34.9 Å². The van der Waals surface area contributed by atoms with Gasteiger partial charge in [-0.05, 0) is 45.4 Å². The molecule has 0 spiro atoms. The molecular weight excluding hydrogens is 560 g/mol. The summed E-state index contributed by atoms with van der Waals surface area (Å²) in [7, 11) is 0. The highest BCUT2D eigenvalue weighted by atomic mass is 16.5. The summed E-state index contributed by atoms with van der Waals surface area (Å²) in [6.07, 6.45) is 0.0876. The van der Waals surface area contributed by atoms with Crippen LogP contribution in [0.25, 0.3) is 11.1 Å². The number of benzene rings is 5. The Labute approximate surface area is 263 Å². The van der Waals surface area contributed by atoms with Gasteiger partial charge in [0, 0.05) is 12.3 Å². The van der Waals surface area contributed by atoms with E-state index >= 15 is 0 Å². The molecule has 2 amide bonds. The molecule has 2 N–H and O–H groups in total. The molecule has 0 saturated carbocycles. The summed E-state index contributed by atoms with van der Waals surface area (Å²) in [4.78, 5) is 38.5. The van der Waals surface area contributed by atoms with Crippen molar-refractivity contribution in [2.45, 2.75) is 30.3 Å². The number of hydrogen-bond donors (Lipinski definition) is 2. The van der Waals surface area contributed by atoms with E-state index in [4.69, 9.17) is 4.74 Å². The topological polar surface area (TPSA) is 84.5 Å². The first-order chi connectivity index (χ1) is 22.1. The Morgan fingerprint density at radius 3 is 1.58 bits per heavy atom. The molecule has 5 aromatic rings. The number of carbonyl (C=O) groups excluding carboxylic acids is 3. The number of rotatable bonds is 11. The summed E-state index contributed by atoms with van der Waals surface area (Å²) >= 11 is 0. The number of amides is 2. The van der Waals surface area contributed by atoms with Gasteiger partial charge >= 0.3 is 6.09 Å². The largest absolute Gasteiger partial charge is 0.449 e. The maximum atomic E-state index is 13.6. The summed E-state index contributed by atoms with van der Waals surface area (Å²) in [5.74, 6) is -0.349. The highest BCUT2D eigenvalue weighted by Crippen LogP contribution is 2.44. The van der Waals surface area contributed by atoms with Crippen LogP contribution in [0.5, 0.6) is 0 Å². The van der Waals surface area contributed by atoms with Crippen LogP contribution in [-0.4, -0.2) is 30.9 Å². The van der Waals surface area contributed by atoms with Gasteiger partial charge in [-0.3, -0.25) is 4.79 Å². The number of ether oxygens (including phenoxy) is 1. The van der Waals surface area contributed by atoms with Crippen molar-refractivity contribution < 1.29 is 19.1 Å². The maximum absolute atomic E-state index is 13.6. The zero-order valence-corrected chi connectivity index (χ0v) is 24.8. The average Bonchev–Trinajstić information content (AvgIpc) is 3.42. The molecule has 0 aliphatic heterocycles. The molecule has 0 aromatic heterocycles. The van der Waals surface area contributed by atoms with Crippen LogP contribution in [0.2, 0.25) is 0 Å². The van der Waals surface area contributed by atoms with Crippen LogP contribution < -0.4 is 10.6 Å². The molecule has 45 heavy (non-hydrogen) atoms. The number of carbonyl (C=O) groups is 3. The fourth-order valence-electron chi connectivity index (χ4n) is 6.30. The van der Waals surface area contributed by atoms with E-state index < -0.39 is 17.7 Å². The molecule has 0 unspecified atom stereocenters. The van der Waals surface area contributed by atoms with E-state index in [1.165, 1.54) is 0 Å². The summed E-state index contributed by atoms with van der Waals surface area (Å²) < 4.78 is 5.62. The lowest BCUT2D eigenvalue weighted by molar-refractivity contribution is -0.122. The first kappa shape index (κ1) is 29.6. The van der Waals surface area contributed by atoms with Crippen LogP contribution in [0.4, 0.5) is 4.79 Å². The van der Waals surface area contributed by atoms with Crippen molar-refractivity contribution in [3.05, 3.63) is 167 Å². The van der Waals surface area contributed by atoms with E-state index in [1.54, 1.807) is 0 Å². The molecule has 0 radical (unpaired) electrons. The zero-order chi connectivity index (χ0) is 31.1. The molecule has 224 valence electrons. The smallest absolute Gasteiger partial charge is 0.407 e. The zero-order valence-electron chi connectivity index (χ0n) is 24.8. The predicted molar refractivity (Wildman–Crippen MR) is 175 cm³/mol. The molecule has 5 aromatic carbocycles. The molecule has 0 bridgehead atoms. The molecule has 1 aliphatic carbocycles. The van der Waals surface area contributed by atoms with Crippen molar-refractivity contribution in [3.63, 3.8) is 0 Å². The fourth-order valence-corrected chi connectivity index (χ4v) is 6.30.